The molecule has 4 heteroatoms. The molecule has 0 rings (SSSR count). The Hall–Kier alpha value is -1.50. The number of hydrogen-bond acceptors (Lipinski definition) is 3. The lowest BCUT2D eigenvalue weighted by atomic mass is 10.2. The average Bonchev–Trinajstić information content (AvgIpc) is 1.96. The summed E-state index contributed by atoms with van der Waals surface area (Å²) >= 11 is 0. The highest BCUT2D eigenvalue weighted by Gasteiger charge is 1.97. The van der Waals surface area contributed by atoms with Gasteiger partial charge in [-0.15, -0.1) is 0 Å². The predicted molar refractivity (Wildman–Crippen MR) is 48.5 cm³/mol. The highest BCUT2D eigenvalue weighted by molar-refractivity contribution is 5.97. The van der Waals surface area contributed by atoms with E-state index in [1.54, 1.807) is 0 Å². The Morgan fingerprint density at radius 2 is 2.33 bits per heavy atom. The third-order valence-corrected chi connectivity index (χ3v) is 1.18. The molecule has 0 spiro atoms. The highest BCUT2D eigenvalue weighted by atomic mass is 14.8. The molecule has 0 radical (unpaired) electrons. The smallest absolute Gasteiger partial charge is 0.135 e. The van der Waals surface area contributed by atoms with Gasteiger partial charge in [-0.05, 0) is 5.92 Å². The van der Waals surface area contributed by atoms with Crippen molar-refractivity contribution in [3.63, 3.8) is 0 Å². The first-order chi connectivity index (χ1) is 5.57. The van der Waals surface area contributed by atoms with Crippen LogP contribution in [0.5, 0.6) is 0 Å². The van der Waals surface area contributed by atoms with Crippen LogP contribution in [-0.4, -0.2) is 12.4 Å². The first-order valence-corrected chi connectivity index (χ1v) is 3.76. The van der Waals surface area contributed by atoms with Crippen LogP contribution in [0, 0.1) is 22.7 Å². The zero-order chi connectivity index (χ0) is 9.56. The summed E-state index contributed by atoms with van der Waals surface area (Å²) < 4.78 is 0. The fourth-order valence-corrected chi connectivity index (χ4v) is 0.567. The van der Waals surface area contributed by atoms with Crippen LogP contribution in [0.4, 0.5) is 0 Å². The molecule has 0 aliphatic rings. The minimum Gasteiger partial charge on any atom is -0.389 e. The molecule has 4 nitrogen and oxygen atoms in total. The molecule has 0 atom stereocenters. The lowest BCUT2D eigenvalue weighted by Gasteiger charge is -2.03. The number of nitrogens with two attached hydrogens (primary N) is 1. The van der Waals surface area contributed by atoms with E-state index in [1.807, 2.05) is 6.07 Å². The molecule has 0 bridgehead atoms. The molecular weight excluding hydrogens is 152 g/mol. The van der Waals surface area contributed by atoms with Gasteiger partial charge in [-0.25, -0.2) is 0 Å². The molecule has 0 fully saturated rings. The highest BCUT2D eigenvalue weighted by Crippen LogP contribution is 1.90. The van der Waals surface area contributed by atoms with Gasteiger partial charge in [0.2, 0.25) is 0 Å². The van der Waals surface area contributed by atoms with E-state index in [2.05, 4.69) is 19.2 Å². The van der Waals surface area contributed by atoms with E-state index in [-0.39, 0.29) is 11.4 Å². The molecular formula is C8H14N4. The van der Waals surface area contributed by atoms with Gasteiger partial charge in [0.1, 0.15) is 17.5 Å². The second-order valence-electron chi connectivity index (χ2n) is 2.89. The molecule has 0 amide bonds. The van der Waals surface area contributed by atoms with Crippen LogP contribution in [0.1, 0.15) is 13.8 Å². The number of nitriles is 1. The van der Waals surface area contributed by atoms with Gasteiger partial charge in [0.15, 0.2) is 0 Å². The number of amidine groups is 1. The summed E-state index contributed by atoms with van der Waals surface area (Å²) in [5.41, 5.74) is 5.29. The van der Waals surface area contributed by atoms with Crippen molar-refractivity contribution in [1.29, 1.82) is 10.7 Å². The molecule has 0 heterocycles. The lowest BCUT2D eigenvalue weighted by Crippen LogP contribution is -2.18. The van der Waals surface area contributed by atoms with Crippen LogP contribution in [0.15, 0.2) is 11.8 Å². The Kier molecular flexibility index (Phi) is 4.54. The van der Waals surface area contributed by atoms with Crippen molar-refractivity contribution >= 4 is 5.84 Å². The van der Waals surface area contributed by atoms with E-state index in [1.165, 1.54) is 6.20 Å². The van der Waals surface area contributed by atoms with E-state index in [0.29, 0.717) is 5.92 Å². The molecule has 0 unspecified atom stereocenters. The standard InChI is InChI=1S/C8H14N4/c1-6(2)4-12-5-7(3-9)8(10)11/h5-6,12H,4H2,1-2H3,(H3,10,11)/b7-5-. The largest absolute Gasteiger partial charge is 0.389 e. The van der Waals surface area contributed by atoms with Gasteiger partial charge in [-0.1, -0.05) is 13.8 Å². The summed E-state index contributed by atoms with van der Waals surface area (Å²) in [4.78, 5) is 0. The predicted octanol–water partition coefficient (Wildman–Crippen LogP) is 0.575. The molecule has 0 saturated carbocycles. The van der Waals surface area contributed by atoms with Crippen LogP contribution < -0.4 is 11.1 Å². The summed E-state index contributed by atoms with van der Waals surface area (Å²) in [6.45, 7) is 4.89. The molecule has 0 aliphatic heterocycles. The minimum absolute atomic E-state index is 0.177. The molecule has 0 saturated heterocycles. The Morgan fingerprint density at radius 1 is 1.75 bits per heavy atom. The van der Waals surface area contributed by atoms with Gasteiger partial charge >= 0.3 is 0 Å². The van der Waals surface area contributed by atoms with Crippen molar-refractivity contribution in [2.24, 2.45) is 11.7 Å². The Morgan fingerprint density at radius 3 is 2.67 bits per heavy atom. The van der Waals surface area contributed by atoms with Crippen molar-refractivity contribution in [3.8, 4) is 6.07 Å². The van der Waals surface area contributed by atoms with Crippen LogP contribution in [0.2, 0.25) is 0 Å². The fraction of sp³-hybridized carbons (Fsp3) is 0.500. The van der Waals surface area contributed by atoms with Gasteiger partial charge in [0.05, 0.1) is 0 Å². The molecule has 0 aromatic heterocycles. The summed E-state index contributed by atoms with van der Waals surface area (Å²) in [5.74, 6) is 0.307. The maximum absolute atomic E-state index is 8.48. The number of nitrogens with one attached hydrogen (secondary N) is 2. The SMILES string of the molecule is CC(C)CN/C=C(/C#N)C(=N)N. The second kappa shape index (κ2) is 5.19. The Bertz CT molecular complexity index is 222. The van der Waals surface area contributed by atoms with E-state index >= 15 is 0 Å². The second-order valence-corrected chi connectivity index (χ2v) is 2.89. The maximum Gasteiger partial charge on any atom is 0.135 e. The normalized spacial score (nSPS) is 11.0. The van der Waals surface area contributed by atoms with E-state index < -0.39 is 0 Å². The van der Waals surface area contributed by atoms with Crippen molar-refractivity contribution < 1.29 is 0 Å². The summed E-state index contributed by atoms with van der Waals surface area (Å²) in [6, 6.07) is 1.82. The van der Waals surface area contributed by atoms with Crippen LogP contribution >= 0.6 is 0 Å². The topological polar surface area (TPSA) is 85.7 Å². The fourth-order valence-electron chi connectivity index (χ4n) is 0.567. The van der Waals surface area contributed by atoms with Gasteiger partial charge in [0, 0.05) is 12.7 Å². The zero-order valence-electron chi connectivity index (χ0n) is 7.39. The first kappa shape index (κ1) is 10.5. The zero-order valence-corrected chi connectivity index (χ0v) is 7.39. The third-order valence-electron chi connectivity index (χ3n) is 1.18. The third kappa shape index (κ3) is 4.34. The minimum atomic E-state index is -0.200. The monoisotopic (exact) mass is 166 g/mol. The number of hydrogen-bond donors (Lipinski definition) is 3. The molecule has 4 N–H and O–H groups in total. The molecule has 0 aliphatic carbocycles. The van der Waals surface area contributed by atoms with Crippen molar-refractivity contribution in [1.82, 2.24) is 5.32 Å². The van der Waals surface area contributed by atoms with Gasteiger partial charge < -0.3 is 11.1 Å². The Balaban J connectivity index is 3.98. The van der Waals surface area contributed by atoms with Gasteiger partial charge in [-0.2, -0.15) is 5.26 Å². The van der Waals surface area contributed by atoms with E-state index in [9.17, 15) is 0 Å². The van der Waals surface area contributed by atoms with Crippen LogP contribution in [0.3, 0.4) is 0 Å². The summed E-state index contributed by atoms with van der Waals surface area (Å²) in [7, 11) is 0. The Labute approximate surface area is 72.6 Å². The molecule has 0 aromatic rings. The van der Waals surface area contributed by atoms with Crippen molar-refractivity contribution in [2.45, 2.75) is 13.8 Å². The number of nitrogens with zero attached hydrogens (tertiary/aromatic N) is 1. The van der Waals surface area contributed by atoms with Crippen molar-refractivity contribution in [3.05, 3.63) is 11.8 Å². The maximum atomic E-state index is 8.48. The van der Waals surface area contributed by atoms with E-state index in [4.69, 9.17) is 16.4 Å². The summed E-state index contributed by atoms with van der Waals surface area (Å²) in [6.07, 6.45) is 1.47. The molecule has 12 heavy (non-hydrogen) atoms. The summed E-state index contributed by atoms with van der Waals surface area (Å²) in [5, 5.41) is 18.4. The van der Waals surface area contributed by atoms with Crippen molar-refractivity contribution in [2.75, 3.05) is 6.54 Å². The van der Waals surface area contributed by atoms with Gasteiger partial charge in [0.25, 0.3) is 0 Å². The number of rotatable bonds is 4. The van der Waals surface area contributed by atoms with Crippen LogP contribution in [0.25, 0.3) is 0 Å². The quantitative estimate of drug-likeness (QED) is 0.324. The molecule has 0 aromatic carbocycles. The van der Waals surface area contributed by atoms with E-state index in [0.717, 1.165) is 6.54 Å². The first-order valence-electron chi connectivity index (χ1n) is 3.76. The average molecular weight is 166 g/mol. The van der Waals surface area contributed by atoms with Gasteiger partial charge in [-0.3, -0.25) is 5.41 Å². The molecule has 66 valence electrons. The lowest BCUT2D eigenvalue weighted by molar-refractivity contribution is 0.611. The van der Waals surface area contributed by atoms with Crippen LogP contribution in [-0.2, 0) is 0 Å².